The van der Waals surface area contributed by atoms with Gasteiger partial charge in [0.2, 0.25) is 5.31 Å². The average Bonchev–Trinajstić information content (AvgIpc) is 2.06. The zero-order valence-corrected chi connectivity index (χ0v) is 10.8. The Balaban J connectivity index is 2.50. The van der Waals surface area contributed by atoms with E-state index in [1.807, 2.05) is 0 Å². The van der Waals surface area contributed by atoms with Gasteiger partial charge in [-0.1, -0.05) is 37.8 Å². The molecule has 0 heterocycles. The lowest BCUT2D eigenvalue weighted by Gasteiger charge is -2.28. The molecule has 0 aromatic rings. The van der Waals surface area contributed by atoms with Crippen molar-refractivity contribution in [3.63, 3.8) is 0 Å². The van der Waals surface area contributed by atoms with Crippen molar-refractivity contribution >= 4 is 35.9 Å². The maximum atomic E-state index is 3.88. The Hall–Kier alpha value is 0.917. The van der Waals surface area contributed by atoms with Crippen molar-refractivity contribution in [2.75, 3.05) is 0 Å². The highest BCUT2D eigenvalue weighted by Crippen LogP contribution is 2.43. The molecule has 0 spiro atoms. The summed E-state index contributed by atoms with van der Waals surface area (Å²) in [5, 5.41) is -1.39. The lowest BCUT2D eigenvalue weighted by molar-refractivity contribution is 0.500. The zero-order chi connectivity index (χ0) is 8.32. The number of hydrogen-bond acceptors (Lipinski definition) is 0. The van der Waals surface area contributed by atoms with Crippen LogP contribution in [0.25, 0.3) is 0 Å². The molecule has 1 rings (SSSR count). The first-order valence-electron chi connectivity index (χ1n) is 4.18. The van der Waals surface area contributed by atoms with E-state index in [4.69, 9.17) is 0 Å². The summed E-state index contributed by atoms with van der Waals surface area (Å²) in [5.74, 6) is 0. The van der Waals surface area contributed by atoms with Crippen molar-refractivity contribution in [3.05, 3.63) is 12.3 Å². The second-order valence-electron chi connectivity index (χ2n) is 3.21. The van der Waals surface area contributed by atoms with E-state index in [0.29, 0.717) is 0 Å². The molecular weight excluding hydrogens is 284 g/mol. The maximum Gasteiger partial charge on any atom is 0.225 e. The number of rotatable bonds is 2. The number of hydrogen-bond donors (Lipinski definition) is 0. The zero-order valence-electron chi connectivity index (χ0n) is 6.65. The van der Waals surface area contributed by atoms with Crippen LogP contribution < -0.4 is 0 Å². The summed E-state index contributed by atoms with van der Waals surface area (Å²) >= 11 is 7.56. The van der Waals surface area contributed by atoms with Crippen molar-refractivity contribution in [2.45, 2.75) is 37.6 Å². The highest BCUT2D eigenvalue weighted by atomic mass is 79.9. The molecule has 0 aromatic carbocycles. The van der Waals surface area contributed by atoms with Gasteiger partial charge < -0.3 is 0 Å². The molecule has 1 saturated carbocycles. The van der Waals surface area contributed by atoms with Gasteiger partial charge in [-0.05, 0) is 5.54 Å². The van der Waals surface area contributed by atoms with E-state index in [9.17, 15) is 0 Å². The fourth-order valence-electron chi connectivity index (χ4n) is 1.65. The SMILES string of the molecule is C=C[Si](Br)(Br)C1CCCCC1. The van der Waals surface area contributed by atoms with E-state index in [-0.39, 0.29) is 0 Å². The van der Waals surface area contributed by atoms with E-state index in [1.54, 1.807) is 0 Å². The van der Waals surface area contributed by atoms with Crippen LogP contribution in [0.4, 0.5) is 0 Å². The van der Waals surface area contributed by atoms with Gasteiger partial charge in [0.1, 0.15) is 0 Å². The molecule has 0 atom stereocenters. The van der Waals surface area contributed by atoms with Crippen LogP contribution >= 0.6 is 30.6 Å². The molecule has 0 bridgehead atoms. The van der Waals surface area contributed by atoms with Crippen LogP contribution in [0.5, 0.6) is 0 Å². The minimum atomic E-state index is -1.39. The van der Waals surface area contributed by atoms with Crippen LogP contribution in [0, 0.1) is 0 Å². The van der Waals surface area contributed by atoms with E-state index < -0.39 is 5.31 Å². The highest BCUT2D eigenvalue weighted by molar-refractivity contribution is 9.51. The van der Waals surface area contributed by atoms with Crippen molar-refractivity contribution in [1.29, 1.82) is 0 Å². The third kappa shape index (κ3) is 2.70. The molecule has 1 fully saturated rings. The Morgan fingerprint density at radius 1 is 1.18 bits per heavy atom. The summed E-state index contributed by atoms with van der Waals surface area (Å²) in [6.45, 7) is 3.88. The first-order chi connectivity index (χ1) is 5.17. The molecule has 0 unspecified atom stereocenters. The summed E-state index contributed by atoms with van der Waals surface area (Å²) in [6.07, 6.45) is 7.01. The minimum absolute atomic E-state index is 0.869. The fourth-order valence-corrected chi connectivity index (χ4v) is 5.91. The minimum Gasteiger partial charge on any atom is -0.105 e. The van der Waals surface area contributed by atoms with Gasteiger partial charge in [0, 0.05) is 0 Å². The van der Waals surface area contributed by atoms with Gasteiger partial charge in [0.15, 0.2) is 0 Å². The van der Waals surface area contributed by atoms with E-state index in [1.165, 1.54) is 32.1 Å². The predicted molar refractivity (Wildman–Crippen MR) is 60.6 cm³/mol. The second-order valence-corrected chi connectivity index (χ2v) is 16.9. The highest BCUT2D eigenvalue weighted by Gasteiger charge is 2.34. The van der Waals surface area contributed by atoms with Crippen LogP contribution in [-0.2, 0) is 0 Å². The molecule has 0 aromatic heterocycles. The van der Waals surface area contributed by atoms with Crippen LogP contribution in [-0.4, -0.2) is 5.31 Å². The second kappa shape index (κ2) is 4.24. The van der Waals surface area contributed by atoms with Crippen molar-refractivity contribution in [2.24, 2.45) is 0 Å². The summed E-state index contributed by atoms with van der Waals surface area (Å²) < 4.78 is 0. The van der Waals surface area contributed by atoms with Crippen molar-refractivity contribution in [3.8, 4) is 0 Å². The molecule has 3 heteroatoms. The molecule has 0 saturated heterocycles. The lowest BCUT2D eigenvalue weighted by atomic mass is 10.0. The monoisotopic (exact) mass is 296 g/mol. The smallest absolute Gasteiger partial charge is 0.105 e. The Kier molecular flexibility index (Phi) is 3.85. The quantitative estimate of drug-likeness (QED) is 0.527. The molecule has 0 amide bonds. The Bertz CT molecular complexity index is 139. The molecule has 0 N–H and O–H groups in total. The summed E-state index contributed by atoms with van der Waals surface area (Å²) in [6, 6.07) is 0. The van der Waals surface area contributed by atoms with Crippen LogP contribution in [0.15, 0.2) is 12.3 Å². The third-order valence-electron chi connectivity index (χ3n) is 2.42. The van der Waals surface area contributed by atoms with Gasteiger partial charge in [-0.2, -0.15) is 0 Å². The van der Waals surface area contributed by atoms with E-state index >= 15 is 0 Å². The molecule has 1 aliphatic rings. The number of halogens is 2. The Labute approximate surface area is 85.6 Å². The van der Waals surface area contributed by atoms with Gasteiger partial charge in [0.05, 0.1) is 0 Å². The van der Waals surface area contributed by atoms with E-state index in [0.717, 1.165) is 5.54 Å². The van der Waals surface area contributed by atoms with Gasteiger partial charge in [-0.15, -0.1) is 37.2 Å². The molecule has 64 valence electrons. The molecule has 1 aliphatic carbocycles. The molecule has 0 aliphatic heterocycles. The third-order valence-corrected chi connectivity index (χ3v) is 10.5. The normalized spacial score (nSPS) is 21.6. The molecule has 0 radical (unpaired) electrons. The standard InChI is InChI=1S/C8H14Br2Si/c1-2-11(9,10)8-6-4-3-5-7-8/h2,8H,1,3-7H2. The lowest BCUT2D eigenvalue weighted by Crippen LogP contribution is -2.24. The molecular formula is C8H14Br2Si. The Morgan fingerprint density at radius 2 is 1.73 bits per heavy atom. The summed E-state index contributed by atoms with van der Waals surface area (Å²) in [5.41, 5.74) is 2.97. The molecule has 0 nitrogen and oxygen atoms in total. The summed E-state index contributed by atoms with van der Waals surface area (Å²) in [4.78, 5) is 0. The van der Waals surface area contributed by atoms with Crippen molar-refractivity contribution < 1.29 is 0 Å². The first-order valence-corrected chi connectivity index (χ1v) is 10.8. The van der Waals surface area contributed by atoms with Gasteiger partial charge in [0.25, 0.3) is 0 Å². The predicted octanol–water partition coefficient (Wildman–Crippen LogP) is 4.28. The topological polar surface area (TPSA) is 0 Å². The first kappa shape index (κ1) is 10.0. The van der Waals surface area contributed by atoms with Crippen LogP contribution in [0.3, 0.4) is 0 Å². The largest absolute Gasteiger partial charge is 0.225 e. The van der Waals surface area contributed by atoms with E-state index in [2.05, 4.69) is 42.9 Å². The summed E-state index contributed by atoms with van der Waals surface area (Å²) in [7, 11) is 0. The van der Waals surface area contributed by atoms with Gasteiger partial charge >= 0.3 is 0 Å². The van der Waals surface area contributed by atoms with Gasteiger partial charge in [-0.25, -0.2) is 0 Å². The van der Waals surface area contributed by atoms with Gasteiger partial charge in [-0.3, -0.25) is 0 Å². The Morgan fingerprint density at radius 3 is 2.18 bits per heavy atom. The van der Waals surface area contributed by atoms with Crippen molar-refractivity contribution in [1.82, 2.24) is 0 Å². The van der Waals surface area contributed by atoms with Crippen LogP contribution in [0.2, 0.25) is 5.54 Å². The average molecular weight is 298 g/mol. The van der Waals surface area contributed by atoms with Crippen LogP contribution in [0.1, 0.15) is 32.1 Å². The molecule has 11 heavy (non-hydrogen) atoms. The fraction of sp³-hybridized carbons (Fsp3) is 0.750. The maximum absolute atomic E-state index is 3.88.